The molecule has 1 aromatic heterocycles. The third kappa shape index (κ3) is 1.86. The number of H-pyrrole nitrogens is 1. The monoisotopic (exact) mass is 296 g/mol. The van der Waals surface area contributed by atoms with Crippen LogP contribution in [0.15, 0.2) is 12.1 Å². The topological polar surface area (TPSA) is 47.1 Å². The van der Waals surface area contributed by atoms with E-state index in [9.17, 15) is 4.39 Å². The zero-order valence-electron chi connectivity index (χ0n) is 11.8. The first-order chi connectivity index (χ1) is 9.23. The average Bonchev–Trinajstić information content (AvgIpc) is 2.79. The zero-order valence-corrected chi connectivity index (χ0v) is 12.5. The highest BCUT2D eigenvalue weighted by Gasteiger charge is 2.52. The van der Waals surface area contributed by atoms with Crippen molar-refractivity contribution in [1.82, 2.24) is 10.2 Å². The number of hydrogen-bond donors (Lipinski definition) is 1. The smallest absolute Gasteiger partial charge is 0.399 e. The van der Waals surface area contributed by atoms with Gasteiger partial charge in [-0.3, -0.25) is 5.10 Å². The molecule has 2 heterocycles. The Bertz CT molecular complexity index is 670. The van der Waals surface area contributed by atoms with Crippen LogP contribution >= 0.6 is 11.6 Å². The van der Waals surface area contributed by atoms with E-state index >= 15 is 0 Å². The molecule has 3 rings (SSSR count). The van der Waals surface area contributed by atoms with Crippen molar-refractivity contribution < 1.29 is 13.7 Å². The normalized spacial score (nSPS) is 20.8. The molecule has 0 aliphatic carbocycles. The Labute approximate surface area is 121 Å². The van der Waals surface area contributed by atoms with Crippen LogP contribution in [-0.4, -0.2) is 28.5 Å². The maximum absolute atomic E-state index is 14.6. The Morgan fingerprint density at radius 2 is 1.80 bits per heavy atom. The fourth-order valence-corrected chi connectivity index (χ4v) is 2.42. The number of nitrogens with zero attached hydrogens (tertiary/aromatic N) is 1. The quantitative estimate of drug-likeness (QED) is 0.823. The van der Waals surface area contributed by atoms with Crippen LogP contribution in [0.1, 0.15) is 27.7 Å². The molecule has 1 aliphatic heterocycles. The Morgan fingerprint density at radius 1 is 1.20 bits per heavy atom. The van der Waals surface area contributed by atoms with Crippen LogP contribution < -0.4 is 5.46 Å². The van der Waals surface area contributed by atoms with Gasteiger partial charge in [0, 0.05) is 5.46 Å². The van der Waals surface area contributed by atoms with Crippen molar-refractivity contribution in [2.45, 2.75) is 38.9 Å². The summed E-state index contributed by atoms with van der Waals surface area (Å²) in [6, 6.07) is 3.32. The first-order valence-electron chi connectivity index (χ1n) is 6.40. The van der Waals surface area contributed by atoms with Crippen LogP contribution in [0, 0.1) is 5.82 Å². The van der Waals surface area contributed by atoms with Gasteiger partial charge in [-0.15, -0.1) is 0 Å². The third-order valence-corrected chi connectivity index (χ3v) is 4.42. The minimum absolute atomic E-state index is 0.177. The van der Waals surface area contributed by atoms with Crippen molar-refractivity contribution in [1.29, 1.82) is 0 Å². The van der Waals surface area contributed by atoms with Gasteiger partial charge >= 0.3 is 7.12 Å². The SMILES string of the molecule is CC1(C)OB(c2ccc3n[nH]c(Cl)c3c2F)OC1(C)C. The van der Waals surface area contributed by atoms with E-state index in [1.807, 2.05) is 27.7 Å². The predicted molar refractivity (Wildman–Crippen MR) is 76.8 cm³/mol. The molecule has 1 fully saturated rings. The maximum Gasteiger partial charge on any atom is 0.497 e. The van der Waals surface area contributed by atoms with E-state index in [2.05, 4.69) is 10.2 Å². The molecule has 1 aliphatic rings. The standard InChI is InChI=1S/C13H15BClFN2O2/c1-12(2)13(3,4)20-14(19-12)7-5-6-8-9(10(7)16)11(15)18-17-8/h5-6H,1-4H3,(H,17,18). The van der Waals surface area contributed by atoms with Crippen LogP contribution in [0.4, 0.5) is 4.39 Å². The second-order valence-corrected chi connectivity index (χ2v) is 6.37. The van der Waals surface area contributed by atoms with Gasteiger partial charge in [0.1, 0.15) is 11.0 Å². The van der Waals surface area contributed by atoms with Crippen molar-refractivity contribution in [2.75, 3.05) is 0 Å². The largest absolute Gasteiger partial charge is 0.497 e. The lowest BCUT2D eigenvalue weighted by molar-refractivity contribution is 0.00578. The summed E-state index contributed by atoms with van der Waals surface area (Å²) in [5.41, 5.74) is -0.217. The predicted octanol–water partition coefficient (Wildman–Crippen LogP) is 2.65. The highest BCUT2D eigenvalue weighted by molar-refractivity contribution is 6.62. The second kappa shape index (κ2) is 4.19. The minimum Gasteiger partial charge on any atom is -0.399 e. The molecular weight excluding hydrogens is 281 g/mol. The molecule has 2 aromatic rings. The Balaban J connectivity index is 2.08. The summed E-state index contributed by atoms with van der Waals surface area (Å²) >= 11 is 5.93. The number of nitrogens with one attached hydrogen (secondary N) is 1. The van der Waals surface area contributed by atoms with Gasteiger partial charge < -0.3 is 9.31 Å². The van der Waals surface area contributed by atoms with Crippen molar-refractivity contribution in [3.05, 3.63) is 23.1 Å². The third-order valence-electron chi connectivity index (χ3n) is 4.15. The molecule has 1 N–H and O–H groups in total. The van der Waals surface area contributed by atoms with E-state index in [0.717, 1.165) is 0 Å². The van der Waals surface area contributed by atoms with Gasteiger partial charge in [0.05, 0.1) is 22.1 Å². The van der Waals surface area contributed by atoms with Crippen LogP contribution in [0.3, 0.4) is 0 Å². The molecule has 0 atom stereocenters. The molecule has 0 radical (unpaired) electrons. The Morgan fingerprint density at radius 3 is 2.40 bits per heavy atom. The van der Waals surface area contributed by atoms with Crippen LogP contribution in [0.25, 0.3) is 10.9 Å². The summed E-state index contributed by atoms with van der Waals surface area (Å²) in [4.78, 5) is 0. The van der Waals surface area contributed by atoms with Crippen LogP contribution in [0.2, 0.25) is 5.15 Å². The van der Waals surface area contributed by atoms with E-state index < -0.39 is 24.1 Å². The summed E-state index contributed by atoms with van der Waals surface area (Å²) < 4.78 is 26.3. The minimum atomic E-state index is -0.754. The number of rotatable bonds is 1. The molecule has 0 bridgehead atoms. The van der Waals surface area contributed by atoms with Crippen LogP contribution in [0.5, 0.6) is 0 Å². The number of hydrogen-bond acceptors (Lipinski definition) is 3. The Hall–Kier alpha value is -1.11. The molecule has 7 heteroatoms. The molecule has 1 aromatic carbocycles. The van der Waals surface area contributed by atoms with Crippen molar-refractivity contribution in [3.63, 3.8) is 0 Å². The number of benzene rings is 1. The first-order valence-corrected chi connectivity index (χ1v) is 6.78. The lowest BCUT2D eigenvalue weighted by atomic mass is 9.78. The van der Waals surface area contributed by atoms with Gasteiger partial charge in [-0.25, -0.2) is 4.39 Å². The van der Waals surface area contributed by atoms with Crippen molar-refractivity contribution in [2.24, 2.45) is 0 Å². The van der Waals surface area contributed by atoms with Crippen molar-refractivity contribution >= 4 is 35.1 Å². The van der Waals surface area contributed by atoms with E-state index in [0.29, 0.717) is 11.0 Å². The van der Waals surface area contributed by atoms with E-state index in [-0.39, 0.29) is 10.5 Å². The van der Waals surface area contributed by atoms with Gasteiger partial charge in [-0.05, 0) is 33.8 Å². The van der Waals surface area contributed by atoms with Gasteiger partial charge in [-0.2, -0.15) is 5.10 Å². The number of aromatic amines is 1. The molecule has 106 valence electrons. The number of fused-ring (bicyclic) bond motifs is 1. The molecule has 0 spiro atoms. The average molecular weight is 297 g/mol. The molecule has 0 unspecified atom stereocenters. The number of halogens is 2. The summed E-state index contributed by atoms with van der Waals surface area (Å²) in [6.07, 6.45) is 0. The summed E-state index contributed by atoms with van der Waals surface area (Å²) in [7, 11) is -0.754. The molecule has 20 heavy (non-hydrogen) atoms. The zero-order chi connectivity index (χ0) is 14.7. The highest BCUT2D eigenvalue weighted by Crippen LogP contribution is 2.37. The van der Waals surface area contributed by atoms with Gasteiger partial charge in [0.2, 0.25) is 0 Å². The number of aromatic nitrogens is 2. The molecule has 1 saturated heterocycles. The summed E-state index contributed by atoms with van der Waals surface area (Å²) in [6.45, 7) is 7.70. The lowest BCUT2D eigenvalue weighted by Gasteiger charge is -2.32. The van der Waals surface area contributed by atoms with Gasteiger partial charge in [-0.1, -0.05) is 17.7 Å². The van der Waals surface area contributed by atoms with Crippen molar-refractivity contribution in [3.8, 4) is 0 Å². The molecule has 0 saturated carbocycles. The lowest BCUT2D eigenvalue weighted by Crippen LogP contribution is -2.41. The van der Waals surface area contributed by atoms with E-state index in [1.165, 1.54) is 0 Å². The van der Waals surface area contributed by atoms with E-state index in [4.69, 9.17) is 20.9 Å². The molecular formula is C13H15BClFN2O2. The highest BCUT2D eigenvalue weighted by atomic mass is 35.5. The maximum atomic E-state index is 14.6. The first kappa shape index (κ1) is 13.9. The van der Waals surface area contributed by atoms with Crippen LogP contribution in [-0.2, 0) is 9.31 Å². The van der Waals surface area contributed by atoms with Gasteiger partial charge in [0.15, 0.2) is 0 Å². The summed E-state index contributed by atoms with van der Waals surface area (Å²) in [5, 5.41) is 6.93. The fourth-order valence-electron chi connectivity index (χ4n) is 2.20. The fraction of sp³-hybridized carbons (Fsp3) is 0.462. The molecule has 0 amide bonds. The Kier molecular flexibility index (Phi) is 2.91. The van der Waals surface area contributed by atoms with E-state index in [1.54, 1.807) is 12.1 Å². The summed E-state index contributed by atoms with van der Waals surface area (Å²) in [5.74, 6) is -0.459. The molecule has 4 nitrogen and oxygen atoms in total. The second-order valence-electron chi connectivity index (χ2n) is 5.99. The van der Waals surface area contributed by atoms with Gasteiger partial charge in [0.25, 0.3) is 0 Å².